The van der Waals surface area contributed by atoms with Gasteiger partial charge in [0, 0.05) is 17.3 Å². The number of rotatable bonds is 1. The standard InChI is InChI=1S/C20H25N3.ClH/c1-20(2,3)14-7-8-17-16(13-14)15-5-4-6-18-19(15)23(17)12-11-22(18)10-9-21;/h7-8,13,18H,4-6,10-12H2,1-3H3;1H. The molecule has 0 radical (unpaired) electrons. The molecular formula is C20H26ClN3. The predicted molar refractivity (Wildman–Crippen MR) is 92.6 cm³/mol. The van der Waals surface area contributed by atoms with E-state index in [1.165, 1.54) is 46.3 Å². The van der Waals surface area contributed by atoms with Gasteiger partial charge >= 0.3 is 0 Å². The van der Waals surface area contributed by atoms with Crippen LogP contribution in [0.4, 0.5) is 0 Å². The molecule has 1 aliphatic heterocycles. The molecule has 0 saturated carbocycles. The Morgan fingerprint density at radius 2 is 2.12 bits per heavy atom. The smallest absolute Gasteiger partial charge is 0.165 e. The lowest BCUT2D eigenvalue weighted by atomic mass is 9.85. The Morgan fingerprint density at radius 3 is 2.83 bits per heavy atom. The minimum atomic E-state index is 0. The SMILES string of the molecule is CC(C)(C)c1ccc2c(c1)c1c3n2CC[NH+](CC#N)C3CCC1.[Cl-]. The highest BCUT2D eigenvalue weighted by Crippen LogP contribution is 2.39. The van der Waals surface area contributed by atoms with Gasteiger partial charge < -0.3 is 21.9 Å². The van der Waals surface area contributed by atoms with E-state index in [-0.39, 0.29) is 17.8 Å². The summed E-state index contributed by atoms with van der Waals surface area (Å²) in [7, 11) is 0. The molecular weight excluding hydrogens is 318 g/mol. The number of halogens is 1. The molecule has 128 valence electrons. The molecule has 24 heavy (non-hydrogen) atoms. The van der Waals surface area contributed by atoms with Gasteiger partial charge in [-0.1, -0.05) is 26.8 Å². The summed E-state index contributed by atoms with van der Waals surface area (Å²) in [6, 6.07) is 9.99. The first-order chi connectivity index (χ1) is 11.0. The Hall–Kier alpha value is -1.50. The second kappa shape index (κ2) is 6.10. The van der Waals surface area contributed by atoms with E-state index in [1.807, 2.05) is 0 Å². The lowest BCUT2D eigenvalue weighted by Crippen LogP contribution is -3.13. The summed E-state index contributed by atoms with van der Waals surface area (Å²) in [5, 5.41) is 10.6. The van der Waals surface area contributed by atoms with Crippen LogP contribution in [-0.2, 0) is 18.4 Å². The highest BCUT2D eigenvalue weighted by molar-refractivity contribution is 5.87. The Balaban J connectivity index is 0.00000169. The van der Waals surface area contributed by atoms with Gasteiger partial charge in [-0.15, -0.1) is 0 Å². The van der Waals surface area contributed by atoms with Crippen LogP contribution in [0.5, 0.6) is 0 Å². The van der Waals surface area contributed by atoms with Crippen molar-refractivity contribution < 1.29 is 17.3 Å². The van der Waals surface area contributed by atoms with Crippen molar-refractivity contribution in [2.24, 2.45) is 0 Å². The third-order valence-corrected chi connectivity index (χ3v) is 5.78. The Labute approximate surface area is 150 Å². The van der Waals surface area contributed by atoms with E-state index < -0.39 is 0 Å². The van der Waals surface area contributed by atoms with Gasteiger partial charge in [0.15, 0.2) is 6.54 Å². The summed E-state index contributed by atoms with van der Waals surface area (Å²) in [6.45, 7) is 9.63. The molecule has 0 fully saturated rings. The van der Waals surface area contributed by atoms with Gasteiger partial charge in [-0.3, -0.25) is 0 Å². The van der Waals surface area contributed by atoms with Crippen molar-refractivity contribution in [2.75, 3.05) is 13.1 Å². The number of nitrogens with zero attached hydrogens (tertiary/aromatic N) is 2. The van der Waals surface area contributed by atoms with Crippen LogP contribution < -0.4 is 17.3 Å². The number of quaternary nitrogens is 1. The van der Waals surface area contributed by atoms with Crippen molar-refractivity contribution in [3.8, 4) is 6.07 Å². The zero-order valence-electron chi connectivity index (χ0n) is 14.8. The monoisotopic (exact) mass is 343 g/mol. The van der Waals surface area contributed by atoms with Gasteiger partial charge in [-0.05, 0) is 41.5 Å². The Bertz CT molecular complexity index is 807. The quantitative estimate of drug-likeness (QED) is 0.711. The van der Waals surface area contributed by atoms with Gasteiger partial charge in [0.1, 0.15) is 12.1 Å². The van der Waals surface area contributed by atoms with Gasteiger partial charge in [0.25, 0.3) is 0 Å². The van der Waals surface area contributed by atoms with E-state index in [9.17, 15) is 0 Å². The molecule has 3 nitrogen and oxygen atoms in total. The molecule has 2 aromatic rings. The van der Waals surface area contributed by atoms with Gasteiger partial charge in [0.05, 0.1) is 18.8 Å². The normalized spacial score (nSPS) is 22.6. The molecule has 4 rings (SSSR count). The maximum absolute atomic E-state index is 9.16. The highest BCUT2D eigenvalue weighted by atomic mass is 35.5. The summed E-state index contributed by atoms with van der Waals surface area (Å²) in [4.78, 5) is 1.47. The van der Waals surface area contributed by atoms with Gasteiger partial charge in [-0.25, -0.2) is 0 Å². The summed E-state index contributed by atoms with van der Waals surface area (Å²) in [6.07, 6.45) is 3.68. The first-order valence-corrected chi connectivity index (χ1v) is 8.87. The molecule has 0 spiro atoms. The maximum Gasteiger partial charge on any atom is 0.165 e. The van der Waals surface area contributed by atoms with E-state index in [4.69, 9.17) is 5.26 Å². The first kappa shape index (κ1) is 17.3. The molecule has 1 aromatic heterocycles. The lowest BCUT2D eigenvalue weighted by molar-refractivity contribution is -0.930. The third kappa shape index (κ3) is 2.53. The number of hydrogen-bond donors (Lipinski definition) is 1. The Morgan fingerprint density at radius 1 is 1.33 bits per heavy atom. The molecule has 1 N–H and O–H groups in total. The molecule has 1 aromatic carbocycles. The molecule has 2 unspecified atom stereocenters. The van der Waals surface area contributed by atoms with Crippen LogP contribution in [0.2, 0.25) is 0 Å². The van der Waals surface area contributed by atoms with Crippen LogP contribution >= 0.6 is 0 Å². The number of nitrogens with one attached hydrogen (secondary N) is 1. The average molecular weight is 344 g/mol. The van der Waals surface area contributed by atoms with Crippen LogP contribution in [-0.4, -0.2) is 17.7 Å². The molecule has 2 atom stereocenters. The fraction of sp³-hybridized carbons (Fsp3) is 0.550. The van der Waals surface area contributed by atoms with Crippen LogP contribution in [0.15, 0.2) is 18.2 Å². The molecule has 2 heterocycles. The van der Waals surface area contributed by atoms with Crippen LogP contribution in [0.25, 0.3) is 10.9 Å². The number of nitriles is 1. The largest absolute Gasteiger partial charge is 1.00 e. The summed E-state index contributed by atoms with van der Waals surface area (Å²) in [5.74, 6) is 0. The topological polar surface area (TPSA) is 33.2 Å². The maximum atomic E-state index is 9.16. The predicted octanol–water partition coefficient (Wildman–Crippen LogP) is -0.258. The Kier molecular flexibility index (Phi) is 4.40. The van der Waals surface area contributed by atoms with Crippen molar-refractivity contribution >= 4 is 10.9 Å². The number of hydrogen-bond acceptors (Lipinski definition) is 1. The fourth-order valence-corrected chi connectivity index (χ4v) is 4.57. The minimum absolute atomic E-state index is 0. The van der Waals surface area contributed by atoms with Crippen LogP contribution in [0.3, 0.4) is 0 Å². The molecule has 2 aliphatic rings. The summed E-state index contributed by atoms with van der Waals surface area (Å²) >= 11 is 0. The second-order valence-electron chi connectivity index (χ2n) is 8.19. The highest BCUT2D eigenvalue weighted by Gasteiger charge is 2.37. The van der Waals surface area contributed by atoms with E-state index in [0.717, 1.165) is 13.1 Å². The molecule has 1 aliphatic carbocycles. The van der Waals surface area contributed by atoms with Gasteiger partial charge in [-0.2, -0.15) is 5.26 Å². The first-order valence-electron chi connectivity index (χ1n) is 8.87. The third-order valence-electron chi connectivity index (χ3n) is 5.78. The summed E-state index contributed by atoms with van der Waals surface area (Å²) in [5.41, 5.74) is 6.12. The number of aromatic nitrogens is 1. The second-order valence-corrected chi connectivity index (χ2v) is 8.19. The van der Waals surface area contributed by atoms with E-state index in [0.29, 0.717) is 12.6 Å². The fourth-order valence-electron chi connectivity index (χ4n) is 4.57. The van der Waals surface area contributed by atoms with Crippen molar-refractivity contribution in [3.05, 3.63) is 35.0 Å². The lowest BCUT2D eigenvalue weighted by Gasteiger charge is -2.35. The minimum Gasteiger partial charge on any atom is -1.00 e. The van der Waals surface area contributed by atoms with Crippen molar-refractivity contribution in [1.29, 1.82) is 5.26 Å². The number of aryl methyl sites for hydroxylation is 1. The number of benzene rings is 1. The number of fused-ring (bicyclic) bond motifs is 3. The van der Waals surface area contributed by atoms with Crippen molar-refractivity contribution in [3.63, 3.8) is 0 Å². The zero-order chi connectivity index (χ0) is 16.2. The van der Waals surface area contributed by atoms with Crippen LogP contribution in [0.1, 0.15) is 56.5 Å². The molecule has 0 saturated heterocycles. The molecule has 0 amide bonds. The van der Waals surface area contributed by atoms with E-state index in [1.54, 1.807) is 5.56 Å². The van der Waals surface area contributed by atoms with Crippen molar-refractivity contribution in [1.82, 2.24) is 4.57 Å². The van der Waals surface area contributed by atoms with Crippen LogP contribution in [0, 0.1) is 11.3 Å². The zero-order valence-corrected chi connectivity index (χ0v) is 15.6. The summed E-state index contributed by atoms with van der Waals surface area (Å²) < 4.78 is 2.56. The molecule has 0 bridgehead atoms. The van der Waals surface area contributed by atoms with Crippen molar-refractivity contribution in [2.45, 2.75) is 58.0 Å². The van der Waals surface area contributed by atoms with E-state index in [2.05, 4.69) is 49.6 Å². The van der Waals surface area contributed by atoms with E-state index >= 15 is 0 Å². The molecule has 4 heteroatoms. The van der Waals surface area contributed by atoms with Gasteiger partial charge in [0.2, 0.25) is 0 Å². The average Bonchev–Trinajstić information content (AvgIpc) is 2.85.